The molecule has 0 unspecified atom stereocenters. The van der Waals surface area contributed by atoms with Crippen LogP contribution in [0.1, 0.15) is 55.1 Å². The summed E-state index contributed by atoms with van der Waals surface area (Å²) in [5.41, 5.74) is 5.62. The third kappa shape index (κ3) is 7.02. The van der Waals surface area contributed by atoms with Crippen LogP contribution in [0.25, 0.3) is 6.08 Å². The van der Waals surface area contributed by atoms with E-state index in [0.29, 0.717) is 0 Å². The third-order valence-electron chi connectivity index (χ3n) is 6.46. The summed E-state index contributed by atoms with van der Waals surface area (Å²) in [6.07, 6.45) is 8.33. The topological polar surface area (TPSA) is 32.8 Å². The summed E-state index contributed by atoms with van der Waals surface area (Å²) in [7, 11) is 0. The van der Waals surface area contributed by atoms with E-state index in [2.05, 4.69) is 85.7 Å². The van der Waals surface area contributed by atoms with Crippen LogP contribution in [0.2, 0.25) is 0 Å². The van der Waals surface area contributed by atoms with Gasteiger partial charge >= 0.3 is 0 Å². The zero-order valence-electron chi connectivity index (χ0n) is 21.4. The summed E-state index contributed by atoms with van der Waals surface area (Å²) in [6, 6.07) is 12.6. The molecule has 0 N–H and O–H groups in total. The van der Waals surface area contributed by atoms with Gasteiger partial charge in [0.2, 0.25) is 0 Å². The molecular formula is C30H38N2O2S. The number of unbranched alkanes of at least 4 members (excludes halogenated alkanes) is 1. The first-order valence-corrected chi connectivity index (χ1v) is 13.5. The van der Waals surface area contributed by atoms with Crippen molar-refractivity contribution in [3.8, 4) is 5.75 Å². The molecule has 0 spiro atoms. The SMILES string of the molecule is C=C1C=Cc2ccc(OCCCCN3CCN(c4cccc(SC(C)(C)C)c4C=O)CC3)cc2C1. The van der Waals surface area contributed by atoms with Gasteiger partial charge in [0.25, 0.3) is 0 Å². The highest BCUT2D eigenvalue weighted by Gasteiger charge is 2.22. The summed E-state index contributed by atoms with van der Waals surface area (Å²) in [6.45, 7) is 16.4. The average Bonchev–Trinajstić information content (AvgIpc) is 2.83. The maximum Gasteiger partial charge on any atom is 0.153 e. The van der Waals surface area contributed by atoms with Crippen LogP contribution in [0, 0.1) is 0 Å². The molecule has 1 saturated heterocycles. The second kappa shape index (κ2) is 11.5. The van der Waals surface area contributed by atoms with Gasteiger partial charge in [-0.25, -0.2) is 0 Å². The molecule has 1 fully saturated rings. The highest BCUT2D eigenvalue weighted by Crippen LogP contribution is 2.37. The summed E-state index contributed by atoms with van der Waals surface area (Å²) < 4.78 is 6.10. The number of anilines is 1. The molecule has 4 nitrogen and oxygen atoms in total. The summed E-state index contributed by atoms with van der Waals surface area (Å²) in [5.74, 6) is 0.957. The van der Waals surface area contributed by atoms with E-state index in [-0.39, 0.29) is 4.75 Å². The van der Waals surface area contributed by atoms with Gasteiger partial charge in [-0.15, -0.1) is 11.8 Å². The van der Waals surface area contributed by atoms with Crippen LogP contribution in [-0.2, 0) is 6.42 Å². The quantitative estimate of drug-likeness (QED) is 0.228. The van der Waals surface area contributed by atoms with Crippen molar-refractivity contribution in [3.63, 3.8) is 0 Å². The third-order valence-corrected chi connectivity index (χ3v) is 7.65. The number of fused-ring (bicyclic) bond motifs is 1. The maximum atomic E-state index is 12.0. The Labute approximate surface area is 215 Å². The minimum atomic E-state index is 0.0746. The molecule has 1 aliphatic heterocycles. The van der Waals surface area contributed by atoms with Crippen molar-refractivity contribution in [2.24, 2.45) is 0 Å². The fraction of sp³-hybridized carbons (Fsp3) is 0.433. The number of carbonyl (C=O) groups excluding carboxylic acids is 1. The Bertz CT molecular complexity index is 1080. The largest absolute Gasteiger partial charge is 0.494 e. The maximum absolute atomic E-state index is 12.0. The van der Waals surface area contributed by atoms with Gasteiger partial charge in [0.05, 0.1) is 12.2 Å². The molecule has 0 bridgehead atoms. The summed E-state index contributed by atoms with van der Waals surface area (Å²) >= 11 is 1.76. The molecule has 0 amide bonds. The van der Waals surface area contributed by atoms with Gasteiger partial charge in [-0.2, -0.15) is 0 Å². The number of aldehydes is 1. The van der Waals surface area contributed by atoms with Gasteiger partial charge in [0.1, 0.15) is 5.75 Å². The van der Waals surface area contributed by atoms with Gasteiger partial charge in [0, 0.05) is 41.5 Å². The normalized spacial score (nSPS) is 16.3. The fourth-order valence-electron chi connectivity index (χ4n) is 4.68. The van der Waals surface area contributed by atoms with Crippen molar-refractivity contribution in [2.45, 2.75) is 49.7 Å². The van der Waals surface area contributed by atoms with Crippen molar-refractivity contribution in [1.29, 1.82) is 0 Å². The number of rotatable bonds is 9. The van der Waals surface area contributed by atoms with Crippen molar-refractivity contribution < 1.29 is 9.53 Å². The van der Waals surface area contributed by atoms with Gasteiger partial charge < -0.3 is 9.64 Å². The standard InChI is InChI=1S/C30H38N2O2S/c1-23-10-11-24-12-13-26(21-25(24)20-23)34-19-6-5-14-31-15-17-32(18-16-31)28-8-7-9-29(27(28)22-33)35-30(2,3)4/h7-13,21-22H,1,5-6,14-20H2,2-4H3. The van der Waals surface area contributed by atoms with Crippen LogP contribution in [0.5, 0.6) is 5.75 Å². The van der Waals surface area contributed by atoms with Crippen LogP contribution in [-0.4, -0.2) is 55.3 Å². The molecule has 0 radical (unpaired) electrons. The molecule has 186 valence electrons. The Morgan fingerprint density at radius 2 is 1.86 bits per heavy atom. The first-order valence-electron chi connectivity index (χ1n) is 12.7. The van der Waals surface area contributed by atoms with E-state index >= 15 is 0 Å². The molecule has 4 rings (SSSR count). The second-order valence-electron chi connectivity index (χ2n) is 10.4. The van der Waals surface area contributed by atoms with Crippen LogP contribution in [0.3, 0.4) is 0 Å². The number of ether oxygens (including phenoxy) is 1. The zero-order valence-corrected chi connectivity index (χ0v) is 22.2. The predicted octanol–water partition coefficient (Wildman–Crippen LogP) is 6.50. The number of nitrogens with zero attached hydrogens (tertiary/aromatic N) is 2. The van der Waals surface area contributed by atoms with Gasteiger partial charge in [-0.3, -0.25) is 9.69 Å². The Hall–Kier alpha value is -2.50. The fourth-order valence-corrected chi connectivity index (χ4v) is 5.75. The number of piperazine rings is 1. The van der Waals surface area contributed by atoms with Crippen LogP contribution >= 0.6 is 11.8 Å². The first-order chi connectivity index (χ1) is 16.8. The molecule has 0 saturated carbocycles. The lowest BCUT2D eigenvalue weighted by molar-refractivity contribution is 0.112. The smallest absolute Gasteiger partial charge is 0.153 e. The van der Waals surface area contributed by atoms with E-state index in [1.165, 1.54) is 11.1 Å². The Kier molecular flexibility index (Phi) is 8.40. The lowest BCUT2D eigenvalue weighted by Crippen LogP contribution is -2.47. The van der Waals surface area contributed by atoms with Crippen molar-refractivity contribution >= 4 is 29.8 Å². The number of thioether (sulfide) groups is 1. The average molecular weight is 491 g/mol. The highest BCUT2D eigenvalue weighted by atomic mass is 32.2. The lowest BCUT2D eigenvalue weighted by atomic mass is 9.94. The molecule has 0 aromatic heterocycles. The predicted molar refractivity (Wildman–Crippen MR) is 149 cm³/mol. The van der Waals surface area contributed by atoms with Gasteiger partial charge in [-0.1, -0.05) is 57.2 Å². The zero-order chi connectivity index (χ0) is 24.8. The highest BCUT2D eigenvalue weighted by molar-refractivity contribution is 8.00. The van der Waals surface area contributed by atoms with Crippen molar-refractivity contribution in [3.05, 3.63) is 71.3 Å². The summed E-state index contributed by atoms with van der Waals surface area (Å²) in [5, 5.41) is 0. The molecule has 2 aromatic carbocycles. The lowest BCUT2D eigenvalue weighted by Gasteiger charge is -2.37. The van der Waals surface area contributed by atoms with E-state index in [0.717, 1.165) is 92.3 Å². The van der Waals surface area contributed by atoms with Crippen molar-refractivity contribution in [1.82, 2.24) is 4.90 Å². The Balaban J connectivity index is 1.20. The minimum Gasteiger partial charge on any atom is -0.494 e. The molecule has 1 heterocycles. The van der Waals surface area contributed by atoms with E-state index in [4.69, 9.17) is 4.74 Å². The molecular weight excluding hydrogens is 452 g/mol. The van der Waals surface area contributed by atoms with E-state index in [1.54, 1.807) is 11.8 Å². The van der Waals surface area contributed by atoms with Crippen LogP contribution in [0.4, 0.5) is 5.69 Å². The van der Waals surface area contributed by atoms with Crippen molar-refractivity contribution in [2.75, 3.05) is 44.2 Å². The molecule has 2 aliphatic rings. The molecule has 0 atom stereocenters. The molecule has 35 heavy (non-hydrogen) atoms. The van der Waals surface area contributed by atoms with E-state index in [1.807, 2.05) is 0 Å². The van der Waals surface area contributed by atoms with Crippen LogP contribution < -0.4 is 9.64 Å². The molecule has 2 aromatic rings. The number of hydrogen-bond donors (Lipinski definition) is 0. The number of hydrogen-bond acceptors (Lipinski definition) is 5. The number of benzene rings is 2. The number of carbonyl (C=O) groups is 1. The van der Waals surface area contributed by atoms with Gasteiger partial charge in [0.15, 0.2) is 6.29 Å². The van der Waals surface area contributed by atoms with E-state index < -0.39 is 0 Å². The monoisotopic (exact) mass is 490 g/mol. The van der Waals surface area contributed by atoms with Crippen LogP contribution in [0.15, 0.2) is 59.5 Å². The molecule has 1 aliphatic carbocycles. The first kappa shape index (κ1) is 25.6. The summed E-state index contributed by atoms with van der Waals surface area (Å²) in [4.78, 5) is 17.9. The number of allylic oxidation sites excluding steroid dienone is 2. The Morgan fingerprint density at radius 1 is 1.06 bits per heavy atom. The second-order valence-corrected chi connectivity index (χ2v) is 12.3. The Morgan fingerprint density at radius 3 is 2.60 bits per heavy atom. The molecule has 5 heteroatoms. The van der Waals surface area contributed by atoms with Gasteiger partial charge in [-0.05, 0) is 61.2 Å². The minimum absolute atomic E-state index is 0.0746. The van der Waals surface area contributed by atoms with E-state index in [9.17, 15) is 4.79 Å².